The predicted molar refractivity (Wildman–Crippen MR) is 118 cm³/mol. The summed E-state index contributed by atoms with van der Waals surface area (Å²) < 4.78 is 6.10. The number of nitrogens with one attached hydrogen (secondary N) is 2. The number of benzene rings is 2. The Balaban J connectivity index is 1.64. The van der Waals surface area contributed by atoms with Gasteiger partial charge in [-0.05, 0) is 37.8 Å². The smallest absolute Gasteiger partial charge is 0.191 e. The van der Waals surface area contributed by atoms with Crippen molar-refractivity contribution in [2.75, 3.05) is 26.2 Å². The maximum Gasteiger partial charge on any atom is 0.191 e. The summed E-state index contributed by atoms with van der Waals surface area (Å²) in [6, 6.07) is 20.1. The number of ether oxygens (including phenoxy) is 1. The second kappa shape index (κ2) is 10.4. The molecule has 1 aliphatic heterocycles. The Kier molecular flexibility index (Phi) is 7.67. The lowest BCUT2D eigenvalue weighted by atomic mass is 9.89. The van der Waals surface area contributed by atoms with Crippen molar-refractivity contribution in [2.45, 2.75) is 38.4 Å². The second-order valence-electron chi connectivity index (χ2n) is 7.82. The van der Waals surface area contributed by atoms with Crippen LogP contribution in [0.4, 0.5) is 0 Å². The van der Waals surface area contributed by atoms with Crippen LogP contribution in [0.25, 0.3) is 0 Å². The summed E-state index contributed by atoms with van der Waals surface area (Å²) >= 11 is 0. The molecule has 0 spiro atoms. The summed E-state index contributed by atoms with van der Waals surface area (Å²) in [4.78, 5) is 4.65. The molecule has 0 radical (unpaired) electrons. The van der Waals surface area contributed by atoms with E-state index in [0.29, 0.717) is 5.92 Å². The van der Waals surface area contributed by atoms with Crippen molar-refractivity contribution in [2.24, 2.45) is 10.9 Å². The van der Waals surface area contributed by atoms with Gasteiger partial charge in [-0.3, -0.25) is 0 Å². The van der Waals surface area contributed by atoms with Crippen LogP contribution in [0, 0.1) is 5.92 Å². The molecule has 0 saturated carbocycles. The summed E-state index contributed by atoms with van der Waals surface area (Å²) in [5, 5.41) is 17.6. The normalized spacial score (nSPS) is 22.0. The number of hydrogen-bond donors (Lipinski definition) is 3. The minimum absolute atomic E-state index is 0.104. The first-order valence-corrected chi connectivity index (χ1v) is 10.6. The second-order valence-corrected chi connectivity index (χ2v) is 7.82. The van der Waals surface area contributed by atoms with Gasteiger partial charge in [0.25, 0.3) is 0 Å². The Labute approximate surface area is 174 Å². The maximum absolute atomic E-state index is 10.8. The Hall–Kier alpha value is -2.37. The number of aliphatic imine (C=N–C) groups is 1. The average Bonchev–Trinajstić information content (AvgIpc) is 2.77. The van der Waals surface area contributed by atoms with E-state index in [4.69, 9.17) is 4.74 Å². The third-order valence-electron chi connectivity index (χ3n) is 5.39. The van der Waals surface area contributed by atoms with Crippen molar-refractivity contribution in [1.29, 1.82) is 0 Å². The van der Waals surface area contributed by atoms with Gasteiger partial charge >= 0.3 is 0 Å². The number of rotatable bonds is 7. The fraction of sp³-hybridized carbons (Fsp3) is 0.458. The van der Waals surface area contributed by atoms with Crippen molar-refractivity contribution in [3.8, 4) is 0 Å². The van der Waals surface area contributed by atoms with Gasteiger partial charge in [0.1, 0.15) is 5.60 Å². The fourth-order valence-corrected chi connectivity index (χ4v) is 3.75. The van der Waals surface area contributed by atoms with Gasteiger partial charge in [0.15, 0.2) is 5.96 Å². The summed E-state index contributed by atoms with van der Waals surface area (Å²) in [6.45, 7) is 6.49. The summed E-state index contributed by atoms with van der Waals surface area (Å²) in [6.07, 6.45) is 2.30. The molecule has 2 aromatic carbocycles. The van der Waals surface area contributed by atoms with E-state index >= 15 is 0 Å². The minimum atomic E-state index is -1.01. The van der Waals surface area contributed by atoms with Gasteiger partial charge in [-0.25, -0.2) is 4.99 Å². The van der Waals surface area contributed by atoms with Crippen LogP contribution in [0.2, 0.25) is 0 Å². The van der Waals surface area contributed by atoms with Crippen LogP contribution in [-0.4, -0.2) is 37.3 Å². The average molecular weight is 396 g/mol. The molecule has 1 fully saturated rings. The Morgan fingerprint density at radius 3 is 2.48 bits per heavy atom. The van der Waals surface area contributed by atoms with E-state index in [1.807, 2.05) is 43.3 Å². The van der Waals surface area contributed by atoms with E-state index < -0.39 is 5.60 Å². The maximum atomic E-state index is 10.8. The van der Waals surface area contributed by atoms with Crippen molar-refractivity contribution in [1.82, 2.24) is 10.6 Å². The number of hydrogen-bond acceptors (Lipinski definition) is 3. The minimum Gasteiger partial charge on any atom is -0.384 e. The Morgan fingerprint density at radius 1 is 1.10 bits per heavy atom. The molecule has 0 aliphatic carbocycles. The van der Waals surface area contributed by atoms with Crippen LogP contribution in [0.15, 0.2) is 65.7 Å². The van der Waals surface area contributed by atoms with Crippen molar-refractivity contribution < 1.29 is 9.84 Å². The van der Waals surface area contributed by atoms with Gasteiger partial charge in [0, 0.05) is 25.6 Å². The molecule has 5 nitrogen and oxygen atoms in total. The van der Waals surface area contributed by atoms with E-state index in [9.17, 15) is 5.11 Å². The van der Waals surface area contributed by atoms with E-state index in [2.05, 4.69) is 39.9 Å². The standard InChI is InChI=1S/C24H33N3O2/c1-3-25-23(27-18-24(2,28)21-14-8-5-9-15-21)26-17-20-13-10-16-29-22(20)19-11-6-4-7-12-19/h4-9,11-12,14-15,20,22,28H,3,10,13,16-18H2,1-2H3,(H2,25,26,27). The van der Waals surface area contributed by atoms with Gasteiger partial charge < -0.3 is 20.5 Å². The van der Waals surface area contributed by atoms with Gasteiger partial charge in [-0.1, -0.05) is 60.7 Å². The lowest BCUT2D eigenvalue weighted by molar-refractivity contribution is -0.0265. The number of guanidine groups is 1. The topological polar surface area (TPSA) is 65.9 Å². The zero-order valence-corrected chi connectivity index (χ0v) is 17.5. The quantitative estimate of drug-likeness (QED) is 0.495. The molecule has 5 heteroatoms. The highest BCUT2D eigenvalue weighted by molar-refractivity contribution is 5.79. The summed E-state index contributed by atoms with van der Waals surface area (Å²) in [5.74, 6) is 1.10. The monoisotopic (exact) mass is 395 g/mol. The predicted octanol–water partition coefficient (Wildman–Crippen LogP) is 3.62. The molecule has 0 bridgehead atoms. The number of aliphatic hydroxyl groups is 1. The van der Waals surface area contributed by atoms with Crippen LogP contribution < -0.4 is 10.6 Å². The zero-order valence-electron chi connectivity index (χ0n) is 17.5. The van der Waals surface area contributed by atoms with E-state index in [1.165, 1.54) is 5.56 Å². The molecule has 2 aromatic rings. The van der Waals surface area contributed by atoms with Gasteiger partial charge in [-0.2, -0.15) is 0 Å². The largest absolute Gasteiger partial charge is 0.384 e. The molecule has 0 amide bonds. The third-order valence-corrected chi connectivity index (χ3v) is 5.39. The molecule has 3 atom stereocenters. The highest BCUT2D eigenvalue weighted by Crippen LogP contribution is 2.33. The lowest BCUT2D eigenvalue weighted by Gasteiger charge is -2.32. The summed E-state index contributed by atoms with van der Waals surface area (Å²) in [5.41, 5.74) is 1.09. The molecule has 156 valence electrons. The first kappa shape index (κ1) is 21.3. The molecule has 1 saturated heterocycles. The van der Waals surface area contributed by atoms with Crippen molar-refractivity contribution in [3.05, 3.63) is 71.8 Å². The molecule has 3 unspecified atom stereocenters. The van der Waals surface area contributed by atoms with E-state index in [0.717, 1.165) is 44.1 Å². The SMILES string of the molecule is CCNC(=NCC(C)(O)c1ccccc1)NCC1CCCOC1c1ccccc1. The zero-order chi connectivity index (χ0) is 20.5. The molecule has 0 aromatic heterocycles. The molecular formula is C24H33N3O2. The van der Waals surface area contributed by atoms with Crippen molar-refractivity contribution >= 4 is 5.96 Å². The molecule has 1 heterocycles. The molecular weight excluding hydrogens is 362 g/mol. The van der Waals surface area contributed by atoms with Gasteiger partial charge in [0.05, 0.1) is 12.6 Å². The fourth-order valence-electron chi connectivity index (χ4n) is 3.75. The highest BCUT2D eigenvalue weighted by Gasteiger charge is 2.28. The molecule has 29 heavy (non-hydrogen) atoms. The highest BCUT2D eigenvalue weighted by atomic mass is 16.5. The van der Waals surface area contributed by atoms with Gasteiger partial charge in [0.2, 0.25) is 0 Å². The van der Waals surface area contributed by atoms with Crippen LogP contribution in [0.3, 0.4) is 0 Å². The third kappa shape index (κ3) is 6.05. The number of nitrogens with zero attached hydrogens (tertiary/aromatic N) is 1. The van der Waals surface area contributed by atoms with Crippen LogP contribution in [0.5, 0.6) is 0 Å². The van der Waals surface area contributed by atoms with E-state index in [-0.39, 0.29) is 12.6 Å². The van der Waals surface area contributed by atoms with Crippen LogP contribution >= 0.6 is 0 Å². The van der Waals surface area contributed by atoms with Crippen LogP contribution in [-0.2, 0) is 10.3 Å². The Morgan fingerprint density at radius 2 is 1.79 bits per heavy atom. The summed E-state index contributed by atoms with van der Waals surface area (Å²) in [7, 11) is 0. The molecule has 1 aliphatic rings. The van der Waals surface area contributed by atoms with Crippen molar-refractivity contribution in [3.63, 3.8) is 0 Å². The van der Waals surface area contributed by atoms with E-state index in [1.54, 1.807) is 6.92 Å². The van der Waals surface area contributed by atoms with Crippen LogP contribution in [0.1, 0.15) is 43.9 Å². The van der Waals surface area contributed by atoms with Gasteiger partial charge in [-0.15, -0.1) is 0 Å². The Bertz CT molecular complexity index is 762. The molecule has 3 N–H and O–H groups in total. The first-order chi connectivity index (χ1) is 14.1. The lowest BCUT2D eigenvalue weighted by Crippen LogP contribution is -2.42. The molecule has 3 rings (SSSR count). The first-order valence-electron chi connectivity index (χ1n) is 10.6.